The Hall–Kier alpha value is -0.170. The second kappa shape index (κ2) is 7.48. The Morgan fingerprint density at radius 2 is 2.25 bits per heavy atom. The number of rotatable bonds is 5. The highest BCUT2D eigenvalue weighted by Crippen LogP contribution is 2.09. The summed E-state index contributed by atoms with van der Waals surface area (Å²) < 4.78 is 0. The van der Waals surface area contributed by atoms with Gasteiger partial charge in [0.15, 0.2) is 0 Å². The summed E-state index contributed by atoms with van der Waals surface area (Å²) in [6.07, 6.45) is 2.00. The summed E-state index contributed by atoms with van der Waals surface area (Å²) in [5.41, 5.74) is 0. The molecule has 0 spiro atoms. The first kappa shape index (κ1) is 11.8. The molecule has 2 unspecified atom stereocenters. The lowest BCUT2D eigenvalue weighted by atomic mass is 10.2. The first-order valence-electron chi connectivity index (χ1n) is 4.02. The van der Waals surface area contributed by atoms with E-state index in [1.165, 1.54) is 0 Å². The van der Waals surface area contributed by atoms with Gasteiger partial charge in [-0.25, -0.2) is 0 Å². The number of hydrogen-bond acceptors (Lipinski definition) is 3. The third-order valence-corrected chi connectivity index (χ3v) is 2.89. The molecule has 2 N–H and O–H groups in total. The Labute approximate surface area is 79.1 Å². The molecule has 0 aromatic carbocycles. The van der Waals surface area contributed by atoms with Gasteiger partial charge in [0.1, 0.15) is 0 Å². The zero-order valence-corrected chi connectivity index (χ0v) is 8.74. The summed E-state index contributed by atoms with van der Waals surface area (Å²) in [6, 6.07) is 0.311. The van der Waals surface area contributed by atoms with Crippen molar-refractivity contribution in [3.05, 3.63) is 0 Å². The molecule has 0 aliphatic carbocycles. The van der Waals surface area contributed by atoms with Crippen LogP contribution in [0.1, 0.15) is 13.8 Å². The summed E-state index contributed by atoms with van der Waals surface area (Å²) in [7, 11) is 0. The molecule has 0 heterocycles. The number of aliphatic hydroxyl groups is 1. The van der Waals surface area contributed by atoms with E-state index in [1.807, 2.05) is 13.2 Å². The standard InChI is InChI=1S/C9H17NOS/c1-4-5-6-10-8(2)9(7-11)12-3/h8-11H,6-7H2,1-3H3. The van der Waals surface area contributed by atoms with Crippen LogP contribution >= 0.6 is 11.8 Å². The third-order valence-electron chi connectivity index (χ3n) is 1.73. The van der Waals surface area contributed by atoms with Crippen LogP contribution in [0.3, 0.4) is 0 Å². The number of hydrogen-bond donors (Lipinski definition) is 2. The normalized spacial score (nSPS) is 14.7. The van der Waals surface area contributed by atoms with Crippen LogP contribution in [0.25, 0.3) is 0 Å². The average molecular weight is 187 g/mol. The second-order valence-corrected chi connectivity index (χ2v) is 3.63. The molecule has 0 bridgehead atoms. The smallest absolute Gasteiger partial charge is 0.0578 e. The maximum atomic E-state index is 8.96. The molecule has 3 heteroatoms. The maximum absolute atomic E-state index is 8.96. The minimum Gasteiger partial charge on any atom is -0.395 e. The molecular formula is C9H17NOS. The van der Waals surface area contributed by atoms with Crippen LogP contribution in [-0.4, -0.2) is 35.8 Å². The van der Waals surface area contributed by atoms with Crippen molar-refractivity contribution in [3.63, 3.8) is 0 Å². The van der Waals surface area contributed by atoms with Crippen molar-refractivity contribution in [1.29, 1.82) is 0 Å². The molecule has 0 aliphatic rings. The molecule has 0 fully saturated rings. The van der Waals surface area contributed by atoms with E-state index >= 15 is 0 Å². The van der Waals surface area contributed by atoms with E-state index < -0.39 is 0 Å². The van der Waals surface area contributed by atoms with Gasteiger partial charge in [-0.2, -0.15) is 11.8 Å². The molecule has 0 aliphatic heterocycles. The lowest BCUT2D eigenvalue weighted by molar-refractivity contribution is 0.278. The van der Waals surface area contributed by atoms with Gasteiger partial charge in [-0.15, -0.1) is 5.92 Å². The fraction of sp³-hybridized carbons (Fsp3) is 0.778. The fourth-order valence-corrected chi connectivity index (χ4v) is 1.52. The highest BCUT2D eigenvalue weighted by molar-refractivity contribution is 7.99. The van der Waals surface area contributed by atoms with Crippen molar-refractivity contribution in [1.82, 2.24) is 5.32 Å². The second-order valence-electron chi connectivity index (χ2n) is 2.55. The van der Waals surface area contributed by atoms with E-state index in [0.717, 1.165) is 0 Å². The van der Waals surface area contributed by atoms with Gasteiger partial charge in [0, 0.05) is 11.3 Å². The van der Waals surface area contributed by atoms with Crippen LogP contribution in [0, 0.1) is 11.8 Å². The lowest BCUT2D eigenvalue weighted by Gasteiger charge is -2.19. The van der Waals surface area contributed by atoms with Crippen LogP contribution < -0.4 is 5.32 Å². The Balaban J connectivity index is 3.65. The van der Waals surface area contributed by atoms with Crippen molar-refractivity contribution in [2.75, 3.05) is 19.4 Å². The van der Waals surface area contributed by atoms with Gasteiger partial charge in [0.05, 0.1) is 13.2 Å². The Bertz CT molecular complexity index is 158. The van der Waals surface area contributed by atoms with Crippen molar-refractivity contribution < 1.29 is 5.11 Å². The molecular weight excluding hydrogens is 170 g/mol. The zero-order valence-electron chi connectivity index (χ0n) is 7.92. The highest BCUT2D eigenvalue weighted by Gasteiger charge is 2.13. The van der Waals surface area contributed by atoms with Gasteiger partial charge in [0.25, 0.3) is 0 Å². The van der Waals surface area contributed by atoms with E-state index in [9.17, 15) is 0 Å². The quantitative estimate of drug-likeness (QED) is 0.622. The van der Waals surface area contributed by atoms with E-state index in [-0.39, 0.29) is 11.9 Å². The Morgan fingerprint density at radius 3 is 2.67 bits per heavy atom. The van der Waals surface area contributed by atoms with Crippen LogP contribution in [0.15, 0.2) is 0 Å². The molecule has 0 amide bonds. The van der Waals surface area contributed by atoms with Gasteiger partial charge in [-0.3, -0.25) is 0 Å². The molecule has 0 aromatic rings. The van der Waals surface area contributed by atoms with Gasteiger partial charge in [0.2, 0.25) is 0 Å². The fourth-order valence-electron chi connectivity index (χ4n) is 0.869. The monoisotopic (exact) mass is 187 g/mol. The van der Waals surface area contributed by atoms with E-state index in [2.05, 4.69) is 24.1 Å². The largest absolute Gasteiger partial charge is 0.395 e. The lowest BCUT2D eigenvalue weighted by Crippen LogP contribution is -2.37. The van der Waals surface area contributed by atoms with E-state index in [4.69, 9.17) is 5.11 Å². The van der Waals surface area contributed by atoms with Gasteiger partial charge in [-0.05, 0) is 20.1 Å². The molecule has 0 saturated heterocycles. The van der Waals surface area contributed by atoms with Crippen molar-refractivity contribution >= 4 is 11.8 Å². The first-order valence-corrected chi connectivity index (χ1v) is 5.31. The third kappa shape index (κ3) is 4.66. The zero-order chi connectivity index (χ0) is 9.40. The first-order chi connectivity index (χ1) is 5.76. The van der Waals surface area contributed by atoms with E-state index in [0.29, 0.717) is 12.6 Å². The van der Waals surface area contributed by atoms with Crippen molar-refractivity contribution in [3.8, 4) is 11.8 Å². The molecule has 70 valence electrons. The average Bonchev–Trinajstić information content (AvgIpc) is 2.07. The van der Waals surface area contributed by atoms with E-state index in [1.54, 1.807) is 11.8 Å². The predicted octanol–water partition coefficient (Wildman–Crippen LogP) is 0.712. The number of nitrogens with one attached hydrogen (secondary N) is 1. The molecule has 0 radical (unpaired) electrons. The predicted molar refractivity (Wildman–Crippen MR) is 55.3 cm³/mol. The Morgan fingerprint density at radius 1 is 1.58 bits per heavy atom. The van der Waals surface area contributed by atoms with Gasteiger partial charge in [-0.1, -0.05) is 5.92 Å². The summed E-state index contributed by atoms with van der Waals surface area (Å²) in [5, 5.41) is 12.5. The summed E-state index contributed by atoms with van der Waals surface area (Å²) >= 11 is 1.68. The van der Waals surface area contributed by atoms with Crippen LogP contribution in [0.5, 0.6) is 0 Å². The van der Waals surface area contributed by atoms with Crippen LogP contribution in [0.2, 0.25) is 0 Å². The minimum absolute atomic E-state index is 0.217. The highest BCUT2D eigenvalue weighted by atomic mass is 32.2. The van der Waals surface area contributed by atoms with Gasteiger partial charge < -0.3 is 10.4 Å². The molecule has 0 aromatic heterocycles. The summed E-state index contributed by atoms with van der Waals surface area (Å²) in [4.78, 5) is 0. The Kier molecular flexibility index (Phi) is 7.37. The van der Waals surface area contributed by atoms with Crippen LogP contribution in [0.4, 0.5) is 0 Å². The maximum Gasteiger partial charge on any atom is 0.0578 e. The SMILES string of the molecule is CC#CCNC(C)C(CO)SC. The molecule has 0 rings (SSSR count). The summed E-state index contributed by atoms with van der Waals surface area (Å²) in [6.45, 7) is 4.81. The molecule has 2 atom stereocenters. The molecule has 0 saturated carbocycles. The minimum atomic E-state index is 0.217. The number of thioether (sulfide) groups is 1. The van der Waals surface area contributed by atoms with Gasteiger partial charge >= 0.3 is 0 Å². The topological polar surface area (TPSA) is 32.3 Å². The molecule has 2 nitrogen and oxygen atoms in total. The summed E-state index contributed by atoms with van der Waals surface area (Å²) in [5.74, 6) is 5.75. The number of aliphatic hydroxyl groups excluding tert-OH is 1. The van der Waals surface area contributed by atoms with Crippen molar-refractivity contribution in [2.45, 2.75) is 25.1 Å². The van der Waals surface area contributed by atoms with Crippen LogP contribution in [-0.2, 0) is 0 Å². The van der Waals surface area contributed by atoms with Crippen molar-refractivity contribution in [2.24, 2.45) is 0 Å². The molecule has 12 heavy (non-hydrogen) atoms.